The zero-order chi connectivity index (χ0) is 9.42. The number of furan rings is 1. The van der Waals surface area contributed by atoms with E-state index in [4.69, 9.17) is 21.3 Å². The number of aryl methyl sites for hydroxylation is 1. The van der Waals surface area contributed by atoms with Crippen LogP contribution in [0.4, 0.5) is 0 Å². The van der Waals surface area contributed by atoms with Gasteiger partial charge >= 0.3 is 0 Å². The summed E-state index contributed by atoms with van der Waals surface area (Å²) in [6.07, 6.45) is 0. The van der Waals surface area contributed by atoms with Gasteiger partial charge in [0.05, 0.1) is 16.7 Å². The van der Waals surface area contributed by atoms with E-state index in [-0.39, 0.29) is 0 Å². The molecule has 0 unspecified atom stereocenters. The fourth-order valence-corrected chi connectivity index (χ4v) is 1.55. The molecule has 0 saturated carbocycles. The lowest BCUT2D eigenvalue weighted by atomic mass is 10.2. The molecule has 13 heavy (non-hydrogen) atoms. The summed E-state index contributed by atoms with van der Waals surface area (Å²) in [7, 11) is 0. The summed E-state index contributed by atoms with van der Waals surface area (Å²) in [6, 6.07) is 7.21. The molecule has 2 nitrogen and oxygen atoms in total. The van der Waals surface area contributed by atoms with Gasteiger partial charge in [-0.05, 0) is 25.1 Å². The van der Waals surface area contributed by atoms with Crippen LogP contribution in [0.3, 0.4) is 0 Å². The fraction of sp³-hybridized carbons (Fsp3) is 0.100. The summed E-state index contributed by atoms with van der Waals surface area (Å²) >= 11 is 5.94. The maximum Gasteiger partial charge on any atom is 0.137 e. The van der Waals surface area contributed by atoms with Crippen LogP contribution in [0.25, 0.3) is 11.0 Å². The maximum atomic E-state index is 8.68. The lowest BCUT2D eigenvalue weighted by Gasteiger charge is -1.92. The van der Waals surface area contributed by atoms with Crippen molar-refractivity contribution in [1.82, 2.24) is 0 Å². The zero-order valence-corrected chi connectivity index (χ0v) is 7.72. The fourth-order valence-electron chi connectivity index (χ4n) is 1.29. The van der Waals surface area contributed by atoms with Crippen molar-refractivity contribution in [3.63, 3.8) is 0 Å². The van der Waals surface area contributed by atoms with Gasteiger partial charge in [0.1, 0.15) is 11.3 Å². The number of benzene rings is 1. The van der Waals surface area contributed by atoms with Crippen LogP contribution in [0.2, 0.25) is 5.02 Å². The van der Waals surface area contributed by atoms with Crippen molar-refractivity contribution in [3.05, 3.63) is 34.5 Å². The van der Waals surface area contributed by atoms with Gasteiger partial charge < -0.3 is 4.42 Å². The van der Waals surface area contributed by atoms with Gasteiger partial charge in [0, 0.05) is 5.39 Å². The lowest BCUT2D eigenvalue weighted by Crippen LogP contribution is -1.73. The van der Waals surface area contributed by atoms with E-state index in [9.17, 15) is 0 Å². The van der Waals surface area contributed by atoms with Gasteiger partial charge in [-0.15, -0.1) is 0 Å². The van der Waals surface area contributed by atoms with Crippen molar-refractivity contribution in [2.75, 3.05) is 0 Å². The Labute approximate surface area is 80.3 Å². The molecule has 1 aromatic carbocycles. The third-order valence-corrected chi connectivity index (χ3v) is 2.15. The Balaban J connectivity index is 2.85. The molecule has 1 heterocycles. The molecular weight excluding hydrogens is 186 g/mol. The number of fused-ring (bicyclic) bond motifs is 1. The van der Waals surface area contributed by atoms with Crippen LogP contribution in [0.5, 0.6) is 0 Å². The molecule has 0 bridgehead atoms. The van der Waals surface area contributed by atoms with E-state index >= 15 is 0 Å². The highest BCUT2D eigenvalue weighted by molar-refractivity contribution is 6.35. The number of hydrogen-bond acceptors (Lipinski definition) is 2. The molecule has 0 radical (unpaired) electrons. The van der Waals surface area contributed by atoms with Crippen LogP contribution in [0, 0.1) is 18.3 Å². The van der Waals surface area contributed by atoms with Crippen molar-refractivity contribution >= 4 is 22.6 Å². The van der Waals surface area contributed by atoms with Gasteiger partial charge in [-0.2, -0.15) is 5.26 Å². The summed E-state index contributed by atoms with van der Waals surface area (Å²) in [5, 5.41) is 10.1. The van der Waals surface area contributed by atoms with Gasteiger partial charge in [0.25, 0.3) is 0 Å². The molecule has 0 aliphatic rings. The molecule has 0 saturated heterocycles. The van der Waals surface area contributed by atoms with Gasteiger partial charge in [-0.25, -0.2) is 0 Å². The summed E-state index contributed by atoms with van der Waals surface area (Å²) in [5.41, 5.74) is 1.19. The van der Waals surface area contributed by atoms with Crippen molar-refractivity contribution < 1.29 is 4.42 Å². The van der Waals surface area contributed by atoms with Crippen LogP contribution >= 0.6 is 11.6 Å². The molecule has 3 heteroatoms. The van der Waals surface area contributed by atoms with E-state index < -0.39 is 0 Å². The monoisotopic (exact) mass is 191 g/mol. The van der Waals surface area contributed by atoms with Crippen LogP contribution in [-0.2, 0) is 0 Å². The molecular formula is C10H6ClNO. The number of halogens is 1. The van der Waals surface area contributed by atoms with Gasteiger partial charge in [0.2, 0.25) is 0 Å². The molecule has 2 aromatic rings. The SMILES string of the molecule is Cc1cc2c(Cl)cc(C#N)cc2o1. The minimum atomic E-state index is 0.520. The Morgan fingerprint density at radius 1 is 1.38 bits per heavy atom. The molecule has 0 atom stereocenters. The van der Waals surface area contributed by atoms with Crippen LogP contribution < -0.4 is 0 Å². The van der Waals surface area contributed by atoms with Crippen LogP contribution in [0.1, 0.15) is 11.3 Å². The first-order chi connectivity index (χ1) is 6.20. The van der Waals surface area contributed by atoms with Crippen molar-refractivity contribution in [1.29, 1.82) is 5.26 Å². The second kappa shape index (κ2) is 2.79. The topological polar surface area (TPSA) is 36.9 Å². The highest BCUT2D eigenvalue weighted by atomic mass is 35.5. The predicted octanol–water partition coefficient (Wildman–Crippen LogP) is 3.27. The minimum absolute atomic E-state index is 0.520. The normalized spacial score (nSPS) is 10.2. The van der Waals surface area contributed by atoms with Crippen LogP contribution in [-0.4, -0.2) is 0 Å². The van der Waals surface area contributed by atoms with Gasteiger partial charge in [0.15, 0.2) is 0 Å². The van der Waals surface area contributed by atoms with Gasteiger partial charge in [-0.1, -0.05) is 11.6 Å². The predicted molar refractivity (Wildman–Crippen MR) is 50.7 cm³/mol. The maximum absolute atomic E-state index is 8.68. The molecule has 1 aromatic heterocycles. The first-order valence-corrected chi connectivity index (χ1v) is 4.18. The molecule has 64 valence electrons. The number of hydrogen-bond donors (Lipinski definition) is 0. The summed E-state index contributed by atoms with van der Waals surface area (Å²) in [5.74, 6) is 0.798. The van der Waals surface area contributed by atoms with E-state index in [0.29, 0.717) is 16.2 Å². The lowest BCUT2D eigenvalue weighted by molar-refractivity contribution is 0.578. The van der Waals surface area contributed by atoms with Crippen molar-refractivity contribution in [2.45, 2.75) is 6.92 Å². The van der Waals surface area contributed by atoms with E-state index in [2.05, 4.69) is 0 Å². The highest BCUT2D eigenvalue weighted by Gasteiger charge is 2.06. The molecule has 0 spiro atoms. The molecule has 0 aliphatic carbocycles. The summed E-state index contributed by atoms with van der Waals surface area (Å²) in [6.45, 7) is 1.85. The Hall–Kier alpha value is -1.46. The van der Waals surface area contributed by atoms with Crippen molar-refractivity contribution in [3.8, 4) is 6.07 Å². The Morgan fingerprint density at radius 3 is 2.85 bits per heavy atom. The van der Waals surface area contributed by atoms with E-state index in [1.807, 2.05) is 19.1 Å². The first-order valence-electron chi connectivity index (χ1n) is 3.80. The average molecular weight is 192 g/mol. The average Bonchev–Trinajstić information content (AvgIpc) is 2.46. The summed E-state index contributed by atoms with van der Waals surface area (Å²) in [4.78, 5) is 0. The Kier molecular flexibility index (Phi) is 1.75. The largest absolute Gasteiger partial charge is 0.461 e. The van der Waals surface area contributed by atoms with E-state index in [0.717, 1.165) is 11.1 Å². The standard InChI is InChI=1S/C10H6ClNO/c1-6-2-8-9(11)3-7(5-12)4-10(8)13-6/h2-4H,1H3. The quantitative estimate of drug-likeness (QED) is 0.641. The number of nitrogens with zero attached hydrogens (tertiary/aromatic N) is 1. The second-order valence-corrected chi connectivity index (χ2v) is 3.25. The van der Waals surface area contributed by atoms with Crippen LogP contribution in [0.15, 0.2) is 22.6 Å². The molecule has 0 aliphatic heterocycles. The molecule has 0 N–H and O–H groups in total. The smallest absolute Gasteiger partial charge is 0.137 e. The summed E-state index contributed by atoms with van der Waals surface area (Å²) < 4.78 is 5.36. The number of rotatable bonds is 0. The minimum Gasteiger partial charge on any atom is -0.461 e. The van der Waals surface area contributed by atoms with Gasteiger partial charge in [-0.3, -0.25) is 0 Å². The molecule has 0 amide bonds. The highest BCUT2D eigenvalue weighted by Crippen LogP contribution is 2.27. The third-order valence-electron chi connectivity index (χ3n) is 1.84. The first kappa shape index (κ1) is 8.15. The second-order valence-electron chi connectivity index (χ2n) is 2.84. The number of nitriles is 1. The molecule has 0 fully saturated rings. The van der Waals surface area contributed by atoms with E-state index in [1.165, 1.54) is 0 Å². The Morgan fingerprint density at radius 2 is 2.15 bits per heavy atom. The third kappa shape index (κ3) is 1.28. The Bertz CT molecular complexity index is 507. The zero-order valence-electron chi connectivity index (χ0n) is 6.97. The van der Waals surface area contributed by atoms with E-state index in [1.54, 1.807) is 12.1 Å². The van der Waals surface area contributed by atoms with Crippen molar-refractivity contribution in [2.24, 2.45) is 0 Å². The molecule has 2 rings (SSSR count).